The molecule has 1 rings (SSSR count). The summed E-state index contributed by atoms with van der Waals surface area (Å²) in [6, 6.07) is 1.82. The van der Waals surface area contributed by atoms with E-state index < -0.39 is 0 Å². The summed E-state index contributed by atoms with van der Waals surface area (Å²) in [5.74, 6) is 1.32. The van der Waals surface area contributed by atoms with Gasteiger partial charge in [-0.3, -0.25) is 0 Å². The first-order chi connectivity index (χ1) is 8.08. The van der Waals surface area contributed by atoms with Crippen LogP contribution in [-0.4, -0.2) is 16.9 Å². The van der Waals surface area contributed by atoms with Crippen LogP contribution in [0.1, 0.15) is 26.7 Å². The van der Waals surface area contributed by atoms with E-state index in [0.717, 1.165) is 23.1 Å². The third-order valence-corrected chi connectivity index (χ3v) is 4.15. The topological polar surface area (TPSA) is 24.9 Å². The van der Waals surface area contributed by atoms with Gasteiger partial charge in [0.25, 0.3) is 0 Å². The van der Waals surface area contributed by atoms with Gasteiger partial charge in [-0.15, -0.1) is 11.6 Å². The highest BCUT2D eigenvalue weighted by molar-refractivity contribution is 9.10. The molecule has 0 amide bonds. The quantitative estimate of drug-likeness (QED) is 0.741. The Labute approximate surface area is 121 Å². The van der Waals surface area contributed by atoms with Crippen LogP contribution < -0.4 is 5.32 Å². The zero-order valence-electron chi connectivity index (χ0n) is 10.0. The van der Waals surface area contributed by atoms with E-state index in [1.165, 1.54) is 0 Å². The summed E-state index contributed by atoms with van der Waals surface area (Å²) >= 11 is 15.6. The molecule has 2 nitrogen and oxygen atoms in total. The van der Waals surface area contributed by atoms with Crippen molar-refractivity contribution in [2.75, 3.05) is 11.9 Å². The Balaban J connectivity index is 2.55. The number of halogens is 3. The van der Waals surface area contributed by atoms with Crippen LogP contribution in [0.2, 0.25) is 5.02 Å². The minimum Gasteiger partial charge on any atom is -0.368 e. The third-order valence-electron chi connectivity index (χ3n) is 2.83. The highest BCUT2D eigenvalue weighted by Crippen LogP contribution is 2.24. The molecule has 1 aromatic heterocycles. The zero-order chi connectivity index (χ0) is 12.8. The van der Waals surface area contributed by atoms with Crippen molar-refractivity contribution in [3.05, 3.63) is 21.8 Å². The molecule has 1 atom stereocenters. The fourth-order valence-electron chi connectivity index (χ4n) is 1.71. The van der Waals surface area contributed by atoms with E-state index in [4.69, 9.17) is 23.2 Å². The van der Waals surface area contributed by atoms with Crippen molar-refractivity contribution in [3.8, 4) is 0 Å². The average Bonchev–Trinajstić information content (AvgIpc) is 2.29. The minimum absolute atomic E-state index is 0.120. The Morgan fingerprint density at radius 1 is 1.41 bits per heavy atom. The lowest BCUT2D eigenvalue weighted by Gasteiger charge is -2.20. The summed E-state index contributed by atoms with van der Waals surface area (Å²) < 4.78 is 0.860. The van der Waals surface area contributed by atoms with E-state index in [2.05, 4.69) is 40.1 Å². The molecule has 17 heavy (non-hydrogen) atoms. The second kappa shape index (κ2) is 7.45. The van der Waals surface area contributed by atoms with Crippen LogP contribution in [-0.2, 0) is 0 Å². The van der Waals surface area contributed by atoms with E-state index in [9.17, 15) is 0 Å². The first-order valence-electron chi connectivity index (χ1n) is 5.77. The van der Waals surface area contributed by atoms with Gasteiger partial charge >= 0.3 is 0 Å². The molecule has 0 aliphatic rings. The van der Waals surface area contributed by atoms with Crippen molar-refractivity contribution in [1.29, 1.82) is 0 Å². The van der Waals surface area contributed by atoms with Gasteiger partial charge in [0.1, 0.15) is 5.82 Å². The molecular weight excluding hydrogens is 323 g/mol. The van der Waals surface area contributed by atoms with Crippen LogP contribution in [0.15, 0.2) is 16.7 Å². The van der Waals surface area contributed by atoms with Gasteiger partial charge in [0.2, 0.25) is 0 Å². The summed E-state index contributed by atoms with van der Waals surface area (Å²) in [6.07, 6.45) is 3.82. The summed E-state index contributed by atoms with van der Waals surface area (Å²) in [4.78, 5) is 4.21. The number of nitrogens with zero attached hydrogens (tertiary/aromatic N) is 1. The maximum atomic E-state index is 6.35. The van der Waals surface area contributed by atoms with Gasteiger partial charge in [-0.1, -0.05) is 38.3 Å². The lowest BCUT2D eigenvalue weighted by molar-refractivity contribution is 0.475. The Morgan fingerprint density at radius 3 is 2.59 bits per heavy atom. The number of alkyl halides is 1. The van der Waals surface area contributed by atoms with Crippen molar-refractivity contribution in [2.24, 2.45) is 5.92 Å². The zero-order valence-corrected chi connectivity index (χ0v) is 13.1. The van der Waals surface area contributed by atoms with Crippen LogP contribution in [0.25, 0.3) is 0 Å². The predicted molar refractivity (Wildman–Crippen MR) is 79.1 cm³/mol. The Kier molecular flexibility index (Phi) is 6.60. The van der Waals surface area contributed by atoms with Crippen LogP contribution >= 0.6 is 39.1 Å². The monoisotopic (exact) mass is 338 g/mol. The van der Waals surface area contributed by atoms with Gasteiger partial charge in [-0.05, 0) is 27.9 Å². The van der Waals surface area contributed by atoms with E-state index in [1.54, 1.807) is 6.20 Å². The van der Waals surface area contributed by atoms with E-state index >= 15 is 0 Å². The molecule has 1 unspecified atom stereocenters. The molecule has 0 saturated heterocycles. The molecule has 0 aliphatic heterocycles. The van der Waals surface area contributed by atoms with E-state index in [0.29, 0.717) is 17.5 Å². The lowest BCUT2D eigenvalue weighted by atomic mass is 9.99. The van der Waals surface area contributed by atoms with E-state index in [1.807, 2.05) is 6.07 Å². The van der Waals surface area contributed by atoms with Crippen molar-refractivity contribution >= 4 is 44.9 Å². The smallest absolute Gasteiger partial charge is 0.140 e. The number of rotatable bonds is 6. The number of nitrogens with one attached hydrogen (secondary N) is 1. The number of aromatic nitrogens is 1. The van der Waals surface area contributed by atoms with Crippen LogP contribution in [0.3, 0.4) is 0 Å². The molecule has 0 radical (unpaired) electrons. The molecule has 0 fully saturated rings. The van der Waals surface area contributed by atoms with Crippen molar-refractivity contribution < 1.29 is 0 Å². The largest absolute Gasteiger partial charge is 0.368 e. The van der Waals surface area contributed by atoms with Crippen LogP contribution in [0.5, 0.6) is 0 Å². The summed E-state index contributed by atoms with van der Waals surface area (Å²) in [5.41, 5.74) is 0. The maximum absolute atomic E-state index is 6.35. The predicted octanol–water partition coefficient (Wildman–Crippen LogP) is 4.95. The summed E-state index contributed by atoms with van der Waals surface area (Å²) in [6.45, 7) is 5.04. The third kappa shape index (κ3) is 4.65. The van der Waals surface area contributed by atoms with Gasteiger partial charge in [0, 0.05) is 12.7 Å². The number of anilines is 1. The molecule has 0 aromatic carbocycles. The van der Waals surface area contributed by atoms with Crippen LogP contribution in [0.4, 0.5) is 5.82 Å². The molecular formula is C12H17BrCl2N2. The Bertz CT molecular complexity index is 356. The standard InChI is InChI=1S/C12H17BrCl2N2/c1-3-8(4-2)11(15)7-17-12-10(13)5-9(14)6-16-12/h5-6,8,11H,3-4,7H2,1-2H3,(H,16,17). The molecule has 0 aliphatic carbocycles. The number of hydrogen-bond acceptors (Lipinski definition) is 2. The number of hydrogen-bond donors (Lipinski definition) is 1. The van der Waals surface area contributed by atoms with Gasteiger partial charge in [0.05, 0.1) is 14.9 Å². The average molecular weight is 340 g/mol. The second-order valence-electron chi connectivity index (χ2n) is 3.96. The Morgan fingerprint density at radius 2 is 2.06 bits per heavy atom. The highest BCUT2D eigenvalue weighted by atomic mass is 79.9. The highest BCUT2D eigenvalue weighted by Gasteiger charge is 2.15. The van der Waals surface area contributed by atoms with Gasteiger partial charge in [0.15, 0.2) is 0 Å². The molecule has 1 N–H and O–H groups in total. The van der Waals surface area contributed by atoms with Gasteiger partial charge in [-0.25, -0.2) is 4.98 Å². The van der Waals surface area contributed by atoms with Crippen molar-refractivity contribution in [3.63, 3.8) is 0 Å². The molecule has 1 aromatic rings. The van der Waals surface area contributed by atoms with E-state index in [-0.39, 0.29) is 5.38 Å². The molecule has 96 valence electrons. The maximum Gasteiger partial charge on any atom is 0.140 e. The SMILES string of the molecule is CCC(CC)C(Cl)CNc1ncc(Cl)cc1Br. The van der Waals surface area contributed by atoms with Gasteiger partial charge < -0.3 is 5.32 Å². The summed E-state index contributed by atoms with van der Waals surface area (Å²) in [5, 5.41) is 3.98. The number of pyridine rings is 1. The van der Waals surface area contributed by atoms with Crippen molar-refractivity contribution in [1.82, 2.24) is 4.98 Å². The van der Waals surface area contributed by atoms with Gasteiger partial charge in [-0.2, -0.15) is 0 Å². The molecule has 5 heteroatoms. The minimum atomic E-state index is 0.120. The van der Waals surface area contributed by atoms with Crippen molar-refractivity contribution in [2.45, 2.75) is 32.1 Å². The molecule has 0 saturated carbocycles. The summed E-state index contributed by atoms with van der Waals surface area (Å²) in [7, 11) is 0. The fourth-order valence-corrected chi connectivity index (χ4v) is 2.92. The molecule has 0 spiro atoms. The fraction of sp³-hybridized carbons (Fsp3) is 0.583. The molecule has 1 heterocycles. The first kappa shape index (κ1) is 15.1. The lowest BCUT2D eigenvalue weighted by Crippen LogP contribution is -2.23. The first-order valence-corrected chi connectivity index (χ1v) is 7.38. The second-order valence-corrected chi connectivity index (χ2v) is 5.81. The molecule has 0 bridgehead atoms. The Hall–Kier alpha value is 0.01000. The normalized spacial score (nSPS) is 12.8. The van der Waals surface area contributed by atoms with Crippen LogP contribution in [0, 0.1) is 5.92 Å².